The van der Waals surface area contributed by atoms with Crippen molar-refractivity contribution in [2.24, 2.45) is 0 Å². The standard InChI is InChI=1S/C4H6ClNO2/c1-4(2-5)3-6(7)8/h1-3H2. The summed E-state index contributed by atoms with van der Waals surface area (Å²) in [5, 5.41) is 9.65. The van der Waals surface area contributed by atoms with Gasteiger partial charge in [-0.1, -0.05) is 6.58 Å². The van der Waals surface area contributed by atoms with Crippen LogP contribution in [-0.2, 0) is 0 Å². The second-order valence-corrected chi connectivity index (χ2v) is 1.64. The van der Waals surface area contributed by atoms with Gasteiger partial charge in [-0.2, -0.15) is 0 Å². The van der Waals surface area contributed by atoms with Crippen molar-refractivity contribution in [1.82, 2.24) is 0 Å². The molecule has 0 aromatic rings. The third kappa shape index (κ3) is 3.61. The van der Waals surface area contributed by atoms with Gasteiger partial charge < -0.3 is 0 Å². The van der Waals surface area contributed by atoms with Crippen LogP contribution in [0.2, 0.25) is 0 Å². The summed E-state index contributed by atoms with van der Waals surface area (Å²) in [6.07, 6.45) is 0. The number of nitro groups is 1. The average molecular weight is 136 g/mol. The highest BCUT2D eigenvalue weighted by Gasteiger charge is 1.98. The van der Waals surface area contributed by atoms with Crippen molar-refractivity contribution < 1.29 is 4.92 Å². The van der Waals surface area contributed by atoms with Crippen LogP contribution in [0.3, 0.4) is 0 Å². The molecule has 8 heavy (non-hydrogen) atoms. The molecule has 0 aromatic heterocycles. The van der Waals surface area contributed by atoms with E-state index in [2.05, 4.69) is 6.58 Å². The molecule has 0 amide bonds. The molecule has 0 N–H and O–H groups in total. The van der Waals surface area contributed by atoms with Crippen LogP contribution in [0.25, 0.3) is 0 Å². The van der Waals surface area contributed by atoms with Gasteiger partial charge in [-0.15, -0.1) is 11.6 Å². The first-order chi connectivity index (χ1) is 3.66. The maximum absolute atomic E-state index is 9.65. The molecule has 0 saturated carbocycles. The number of rotatable bonds is 3. The van der Waals surface area contributed by atoms with Gasteiger partial charge in [-0.05, 0) is 0 Å². The average Bonchev–Trinajstić information content (AvgIpc) is 1.65. The van der Waals surface area contributed by atoms with Gasteiger partial charge in [0.05, 0.1) is 0 Å². The van der Waals surface area contributed by atoms with Crippen LogP contribution >= 0.6 is 11.6 Å². The molecule has 3 nitrogen and oxygen atoms in total. The summed E-state index contributed by atoms with van der Waals surface area (Å²) in [4.78, 5) is 9.20. The molecular weight excluding hydrogens is 130 g/mol. The van der Waals surface area contributed by atoms with E-state index in [1.807, 2.05) is 0 Å². The van der Waals surface area contributed by atoms with Gasteiger partial charge in [0, 0.05) is 16.4 Å². The first-order valence-electron chi connectivity index (χ1n) is 2.01. The molecule has 0 heterocycles. The van der Waals surface area contributed by atoms with E-state index < -0.39 is 4.92 Å². The number of hydrogen-bond donors (Lipinski definition) is 0. The Bertz CT molecular complexity index is 113. The van der Waals surface area contributed by atoms with E-state index in [0.29, 0.717) is 5.57 Å². The number of halogens is 1. The second-order valence-electron chi connectivity index (χ2n) is 1.37. The maximum Gasteiger partial charge on any atom is 0.225 e. The highest BCUT2D eigenvalue weighted by atomic mass is 35.5. The maximum atomic E-state index is 9.65. The van der Waals surface area contributed by atoms with Gasteiger partial charge in [0.1, 0.15) is 0 Å². The zero-order valence-corrected chi connectivity index (χ0v) is 5.02. The number of alkyl halides is 1. The molecule has 0 spiro atoms. The molecule has 0 unspecified atom stereocenters. The Morgan fingerprint density at radius 1 is 1.88 bits per heavy atom. The monoisotopic (exact) mass is 135 g/mol. The molecular formula is C4H6ClNO2. The van der Waals surface area contributed by atoms with Crippen molar-refractivity contribution in [1.29, 1.82) is 0 Å². The van der Waals surface area contributed by atoms with Crippen LogP contribution in [-0.4, -0.2) is 17.3 Å². The Balaban J connectivity index is 3.40. The van der Waals surface area contributed by atoms with Crippen molar-refractivity contribution in [3.05, 3.63) is 22.3 Å². The Labute approximate surface area is 52.1 Å². The summed E-state index contributed by atoms with van der Waals surface area (Å²) in [7, 11) is 0. The van der Waals surface area contributed by atoms with Gasteiger partial charge in [0.2, 0.25) is 6.54 Å². The van der Waals surface area contributed by atoms with E-state index >= 15 is 0 Å². The highest BCUT2D eigenvalue weighted by molar-refractivity contribution is 6.19. The Kier molecular flexibility index (Phi) is 3.19. The van der Waals surface area contributed by atoms with Gasteiger partial charge in [-0.3, -0.25) is 10.1 Å². The fourth-order valence-corrected chi connectivity index (χ4v) is 0.309. The summed E-state index contributed by atoms with van der Waals surface area (Å²) < 4.78 is 0. The predicted molar refractivity (Wildman–Crippen MR) is 31.7 cm³/mol. The van der Waals surface area contributed by atoms with Crippen molar-refractivity contribution >= 4 is 11.6 Å². The fourth-order valence-electron chi connectivity index (χ4n) is 0.225. The third-order valence-electron chi connectivity index (χ3n) is 0.542. The zero-order valence-electron chi connectivity index (χ0n) is 4.26. The molecule has 0 aliphatic carbocycles. The molecule has 0 saturated heterocycles. The summed E-state index contributed by atoms with van der Waals surface area (Å²) in [6, 6.07) is 0. The van der Waals surface area contributed by atoms with Gasteiger partial charge in [0.25, 0.3) is 0 Å². The summed E-state index contributed by atoms with van der Waals surface area (Å²) in [5.41, 5.74) is 0.441. The SMILES string of the molecule is C=C(CCl)C[N+](=O)[O-]. The smallest absolute Gasteiger partial charge is 0.225 e. The second kappa shape index (κ2) is 3.43. The Hall–Kier alpha value is -0.570. The van der Waals surface area contributed by atoms with Crippen LogP contribution < -0.4 is 0 Å². The lowest BCUT2D eigenvalue weighted by atomic mass is 10.4. The van der Waals surface area contributed by atoms with Crippen molar-refractivity contribution in [2.75, 3.05) is 12.4 Å². The van der Waals surface area contributed by atoms with Crippen LogP contribution in [0.5, 0.6) is 0 Å². The van der Waals surface area contributed by atoms with Gasteiger partial charge >= 0.3 is 0 Å². The van der Waals surface area contributed by atoms with Gasteiger partial charge in [-0.25, -0.2) is 0 Å². The first kappa shape index (κ1) is 7.43. The van der Waals surface area contributed by atoms with Crippen molar-refractivity contribution in [3.63, 3.8) is 0 Å². The molecule has 0 aromatic carbocycles. The number of hydrogen-bond acceptors (Lipinski definition) is 2. The fraction of sp³-hybridized carbons (Fsp3) is 0.500. The summed E-state index contributed by atoms with van der Waals surface area (Å²) in [6.45, 7) is 3.12. The van der Waals surface area contributed by atoms with E-state index in [4.69, 9.17) is 11.6 Å². The minimum atomic E-state index is -0.454. The minimum Gasteiger partial charge on any atom is -0.264 e. The molecule has 0 fully saturated rings. The molecule has 4 heteroatoms. The topological polar surface area (TPSA) is 43.1 Å². The molecule has 0 aliphatic rings. The Morgan fingerprint density at radius 3 is 2.50 bits per heavy atom. The van der Waals surface area contributed by atoms with Crippen LogP contribution in [0, 0.1) is 10.1 Å². The van der Waals surface area contributed by atoms with E-state index in [-0.39, 0.29) is 12.4 Å². The molecule has 46 valence electrons. The van der Waals surface area contributed by atoms with E-state index in [0.717, 1.165) is 0 Å². The highest BCUT2D eigenvalue weighted by Crippen LogP contribution is 1.92. The molecule has 0 aliphatic heterocycles. The molecule has 0 radical (unpaired) electrons. The van der Waals surface area contributed by atoms with Crippen molar-refractivity contribution in [2.45, 2.75) is 0 Å². The quantitative estimate of drug-likeness (QED) is 0.251. The molecule has 0 rings (SSSR count). The Morgan fingerprint density at radius 2 is 2.38 bits per heavy atom. The predicted octanol–water partition coefficient (Wildman–Crippen LogP) is 1.06. The number of nitrogens with zero attached hydrogens (tertiary/aromatic N) is 1. The van der Waals surface area contributed by atoms with Crippen molar-refractivity contribution in [3.8, 4) is 0 Å². The normalized spacial score (nSPS) is 8.62. The largest absolute Gasteiger partial charge is 0.264 e. The zero-order chi connectivity index (χ0) is 6.57. The lowest BCUT2D eigenvalue weighted by molar-refractivity contribution is -0.470. The van der Waals surface area contributed by atoms with Crippen LogP contribution in [0.15, 0.2) is 12.2 Å². The van der Waals surface area contributed by atoms with Crippen LogP contribution in [0.4, 0.5) is 0 Å². The first-order valence-corrected chi connectivity index (χ1v) is 2.54. The third-order valence-corrected chi connectivity index (χ3v) is 0.920. The van der Waals surface area contributed by atoms with Crippen LogP contribution in [0.1, 0.15) is 0 Å². The molecule has 0 atom stereocenters. The van der Waals surface area contributed by atoms with Gasteiger partial charge in [0.15, 0.2) is 0 Å². The lowest BCUT2D eigenvalue weighted by Gasteiger charge is -1.89. The van der Waals surface area contributed by atoms with E-state index in [9.17, 15) is 10.1 Å². The lowest BCUT2D eigenvalue weighted by Crippen LogP contribution is -2.03. The summed E-state index contributed by atoms with van der Waals surface area (Å²) >= 11 is 5.19. The van der Waals surface area contributed by atoms with E-state index in [1.54, 1.807) is 0 Å². The van der Waals surface area contributed by atoms with E-state index in [1.165, 1.54) is 0 Å². The summed E-state index contributed by atoms with van der Waals surface area (Å²) in [5.74, 6) is 0.168. The molecule has 0 bridgehead atoms. The minimum absolute atomic E-state index is 0.168.